The fourth-order valence-electron chi connectivity index (χ4n) is 5.22. The van der Waals surface area contributed by atoms with Crippen molar-refractivity contribution in [3.8, 4) is 11.3 Å². The maximum atomic E-state index is 12.1. The third-order valence-corrected chi connectivity index (χ3v) is 7.02. The van der Waals surface area contributed by atoms with E-state index in [1.54, 1.807) is 24.9 Å². The molecule has 6 rings (SSSR count). The lowest BCUT2D eigenvalue weighted by Gasteiger charge is -2.33. The second kappa shape index (κ2) is 7.98. The number of amides is 1. The number of anilines is 3. The minimum atomic E-state index is -0.667. The number of hydrogen-bond acceptors (Lipinski definition) is 9. The number of fused-ring (bicyclic) bond motifs is 3. The number of hydrogen-bond donors (Lipinski definition) is 2. The van der Waals surface area contributed by atoms with Crippen LogP contribution in [0, 0.1) is 6.92 Å². The highest BCUT2D eigenvalue weighted by molar-refractivity contribution is 5.97. The number of piperazine rings is 1. The van der Waals surface area contributed by atoms with Gasteiger partial charge in [0.2, 0.25) is 0 Å². The van der Waals surface area contributed by atoms with Crippen LogP contribution in [0.15, 0.2) is 37.2 Å². The lowest BCUT2D eigenvalue weighted by molar-refractivity contribution is 0.0996. The maximum absolute atomic E-state index is 12.1. The zero-order valence-electron chi connectivity index (χ0n) is 19.8. The van der Waals surface area contributed by atoms with Crippen molar-refractivity contribution in [3.63, 3.8) is 0 Å². The van der Waals surface area contributed by atoms with E-state index in [9.17, 15) is 4.79 Å². The SMILES string of the molecule is Cc1cc(Nc2nc(-c3cncc4c3ncn4C)cnc2C(N)=O)cnc1N1C[C@H]2C[C@@H]1CN2C. The molecule has 2 aliphatic rings. The van der Waals surface area contributed by atoms with Crippen LogP contribution in [0.3, 0.4) is 0 Å². The number of primary amides is 1. The Balaban J connectivity index is 1.33. The van der Waals surface area contributed by atoms with E-state index < -0.39 is 5.91 Å². The number of carbonyl (C=O) groups excluding carboxylic acids is 1. The van der Waals surface area contributed by atoms with Gasteiger partial charge in [0.05, 0.1) is 41.8 Å². The summed E-state index contributed by atoms with van der Waals surface area (Å²) in [6.07, 6.45) is 9.62. The van der Waals surface area contributed by atoms with E-state index in [2.05, 4.69) is 42.1 Å². The lowest BCUT2D eigenvalue weighted by Crippen LogP contribution is -2.45. The Morgan fingerprint density at radius 1 is 1.09 bits per heavy atom. The number of rotatable bonds is 5. The van der Waals surface area contributed by atoms with E-state index in [4.69, 9.17) is 10.7 Å². The molecule has 4 aromatic rings. The molecule has 0 spiro atoms. The van der Waals surface area contributed by atoms with E-state index in [1.165, 1.54) is 12.6 Å². The Hall–Kier alpha value is -4.12. The van der Waals surface area contributed by atoms with Gasteiger partial charge in [0.1, 0.15) is 11.3 Å². The van der Waals surface area contributed by atoms with Crippen molar-refractivity contribution in [1.29, 1.82) is 0 Å². The number of nitrogens with one attached hydrogen (secondary N) is 1. The van der Waals surface area contributed by atoms with Crippen molar-refractivity contribution in [2.24, 2.45) is 12.8 Å². The fraction of sp³-hybridized carbons (Fsp3) is 0.333. The van der Waals surface area contributed by atoms with Crippen LogP contribution in [0.5, 0.6) is 0 Å². The first-order valence-electron chi connectivity index (χ1n) is 11.5. The number of nitrogens with zero attached hydrogens (tertiary/aromatic N) is 8. The average Bonchev–Trinajstić information content (AvgIpc) is 3.53. The zero-order chi connectivity index (χ0) is 24.3. The Bertz CT molecular complexity index is 1460. The molecule has 178 valence electrons. The molecule has 0 radical (unpaired) electrons. The highest BCUT2D eigenvalue weighted by Gasteiger charge is 2.42. The van der Waals surface area contributed by atoms with Gasteiger partial charge < -0.3 is 20.5 Å². The summed E-state index contributed by atoms with van der Waals surface area (Å²) in [5, 5.41) is 3.21. The predicted octanol–water partition coefficient (Wildman–Crippen LogP) is 1.86. The molecule has 2 bridgehead atoms. The molecule has 0 saturated carbocycles. The summed E-state index contributed by atoms with van der Waals surface area (Å²) in [7, 11) is 4.09. The van der Waals surface area contributed by atoms with E-state index in [-0.39, 0.29) is 11.5 Å². The highest BCUT2D eigenvalue weighted by Crippen LogP contribution is 2.35. The quantitative estimate of drug-likeness (QED) is 0.449. The van der Waals surface area contributed by atoms with Crippen LogP contribution in [-0.4, -0.2) is 72.5 Å². The van der Waals surface area contributed by atoms with Gasteiger partial charge in [-0.2, -0.15) is 0 Å². The first-order chi connectivity index (χ1) is 16.9. The Morgan fingerprint density at radius 3 is 2.66 bits per heavy atom. The molecule has 1 amide bonds. The third-order valence-electron chi connectivity index (χ3n) is 7.02. The largest absolute Gasteiger partial charge is 0.364 e. The van der Waals surface area contributed by atoms with Crippen LogP contribution in [0.4, 0.5) is 17.3 Å². The number of carbonyl (C=O) groups is 1. The first kappa shape index (κ1) is 21.4. The molecular weight excluding hydrogens is 444 g/mol. The highest BCUT2D eigenvalue weighted by atomic mass is 16.1. The van der Waals surface area contributed by atoms with Crippen LogP contribution >= 0.6 is 0 Å². The van der Waals surface area contributed by atoms with E-state index in [1.807, 2.05) is 24.6 Å². The molecule has 2 fully saturated rings. The molecule has 2 aliphatic heterocycles. The van der Waals surface area contributed by atoms with E-state index in [0.29, 0.717) is 29.0 Å². The molecule has 3 N–H and O–H groups in total. The summed E-state index contributed by atoms with van der Waals surface area (Å²) < 4.78 is 1.89. The molecule has 11 heteroatoms. The molecule has 11 nitrogen and oxygen atoms in total. The summed E-state index contributed by atoms with van der Waals surface area (Å²) in [4.78, 5) is 39.4. The smallest absolute Gasteiger partial charge is 0.271 e. The molecule has 35 heavy (non-hydrogen) atoms. The van der Waals surface area contributed by atoms with Gasteiger partial charge in [0, 0.05) is 44.0 Å². The van der Waals surface area contributed by atoms with E-state index >= 15 is 0 Å². The molecule has 0 unspecified atom stereocenters. The van der Waals surface area contributed by atoms with Gasteiger partial charge in [0.25, 0.3) is 5.91 Å². The number of imidazole rings is 1. The van der Waals surface area contributed by atoms with Crippen LogP contribution < -0.4 is 16.0 Å². The van der Waals surface area contributed by atoms with Gasteiger partial charge in [0.15, 0.2) is 11.5 Å². The summed E-state index contributed by atoms with van der Waals surface area (Å²) in [5.74, 6) is 0.594. The lowest BCUT2D eigenvalue weighted by atomic mass is 10.2. The summed E-state index contributed by atoms with van der Waals surface area (Å²) in [6, 6.07) is 3.10. The molecule has 6 heterocycles. The minimum absolute atomic E-state index is 0.0523. The predicted molar refractivity (Wildman–Crippen MR) is 132 cm³/mol. The van der Waals surface area contributed by atoms with Crippen molar-refractivity contribution in [3.05, 3.63) is 48.4 Å². The van der Waals surface area contributed by atoms with Gasteiger partial charge in [-0.3, -0.25) is 14.7 Å². The molecule has 0 aliphatic carbocycles. The van der Waals surface area contributed by atoms with Crippen molar-refractivity contribution in [2.45, 2.75) is 25.4 Å². The third kappa shape index (κ3) is 3.55. The van der Waals surface area contributed by atoms with Gasteiger partial charge in [-0.25, -0.2) is 19.9 Å². The molecule has 4 aromatic heterocycles. The average molecular weight is 471 g/mol. The van der Waals surface area contributed by atoms with Crippen molar-refractivity contribution in [2.75, 3.05) is 30.4 Å². The first-order valence-corrected chi connectivity index (χ1v) is 11.5. The van der Waals surface area contributed by atoms with Gasteiger partial charge in [-0.15, -0.1) is 0 Å². The fourth-order valence-corrected chi connectivity index (χ4v) is 5.22. The summed E-state index contributed by atoms with van der Waals surface area (Å²) in [6.45, 7) is 4.11. The second-order valence-electron chi connectivity index (χ2n) is 9.35. The number of nitrogens with two attached hydrogens (primary N) is 1. The molecule has 0 aromatic carbocycles. The Labute approximate surface area is 202 Å². The number of aromatic nitrogens is 6. The molecular formula is C24H26N10O. The maximum Gasteiger partial charge on any atom is 0.271 e. The summed E-state index contributed by atoms with van der Waals surface area (Å²) >= 11 is 0. The standard InChI is InChI=1S/C24H26N10O/c1-13-4-14(6-28-24(13)34-11-15-5-16(34)10-32(15)2)30-23-21(22(25)35)27-8-18(31-23)17-7-26-9-19-20(17)29-12-33(19)3/h4,6-9,12,15-16H,5,10-11H2,1-3H3,(H2,25,35)(H,30,31)/t15-,16-/m1/s1. The Kier molecular flexibility index (Phi) is 4.88. The number of likely N-dealkylation sites (tertiary alicyclic amines) is 1. The monoisotopic (exact) mass is 470 g/mol. The number of aryl methyl sites for hydroxylation is 2. The minimum Gasteiger partial charge on any atom is -0.364 e. The van der Waals surface area contributed by atoms with Gasteiger partial charge >= 0.3 is 0 Å². The van der Waals surface area contributed by atoms with Crippen molar-refractivity contribution in [1.82, 2.24) is 34.4 Å². The van der Waals surface area contributed by atoms with Crippen molar-refractivity contribution >= 4 is 34.3 Å². The van der Waals surface area contributed by atoms with Gasteiger partial charge in [-0.05, 0) is 32.0 Å². The normalized spacial score (nSPS) is 19.6. The van der Waals surface area contributed by atoms with Gasteiger partial charge in [-0.1, -0.05) is 0 Å². The molecule has 2 saturated heterocycles. The van der Waals surface area contributed by atoms with Crippen LogP contribution in [-0.2, 0) is 7.05 Å². The second-order valence-corrected chi connectivity index (χ2v) is 9.35. The number of pyridine rings is 2. The number of likely N-dealkylation sites (N-methyl/N-ethyl adjacent to an activating group) is 1. The zero-order valence-corrected chi connectivity index (χ0v) is 19.8. The van der Waals surface area contributed by atoms with Crippen molar-refractivity contribution < 1.29 is 4.79 Å². The Morgan fingerprint density at radius 2 is 1.94 bits per heavy atom. The van der Waals surface area contributed by atoms with Crippen LogP contribution in [0.1, 0.15) is 22.5 Å². The van der Waals surface area contributed by atoms with E-state index in [0.717, 1.165) is 35.5 Å². The summed E-state index contributed by atoms with van der Waals surface area (Å²) in [5.41, 5.74) is 10.3. The van der Waals surface area contributed by atoms with Crippen LogP contribution in [0.25, 0.3) is 22.3 Å². The van der Waals surface area contributed by atoms with Crippen LogP contribution in [0.2, 0.25) is 0 Å². The molecule has 2 atom stereocenters. The topological polar surface area (TPSA) is 131 Å².